The van der Waals surface area contributed by atoms with Gasteiger partial charge in [-0.2, -0.15) is 0 Å². The van der Waals surface area contributed by atoms with Crippen LogP contribution in [0.25, 0.3) is 0 Å². The average Bonchev–Trinajstić information content (AvgIpc) is 3.28. The Morgan fingerprint density at radius 2 is 1.63 bits per heavy atom. The van der Waals surface area contributed by atoms with E-state index in [9.17, 15) is 14.4 Å². The van der Waals surface area contributed by atoms with Gasteiger partial charge in [-0.05, 0) is 65.7 Å². The number of aromatic nitrogens is 1. The second-order valence-electron chi connectivity index (χ2n) is 11.1. The fraction of sp³-hybridized carbons (Fsp3) is 0.419. The Kier molecular flexibility index (Phi) is 9.80. The standard InChI is InChI=1S/C31H40N4O6/c1-18-15-19(2)27(20(3)16-18)35(26(37)14-13-25(36)32-24-17-21(4)41-34-24)28(30(38)33-31(5,6)7)22-11-10-12-23(39-8)29(22)40-9/h10-12,15-17,28H,13-14H2,1-9H3,(H,33,38)(H,32,34,36)/t28-/m1/s1. The average molecular weight is 565 g/mol. The Balaban J connectivity index is 2.15. The van der Waals surface area contributed by atoms with Crippen molar-refractivity contribution in [2.24, 2.45) is 0 Å². The van der Waals surface area contributed by atoms with Gasteiger partial charge in [0.15, 0.2) is 17.3 Å². The van der Waals surface area contributed by atoms with Crippen molar-refractivity contribution < 1.29 is 28.4 Å². The van der Waals surface area contributed by atoms with Crippen LogP contribution in [-0.2, 0) is 14.4 Å². The first-order chi connectivity index (χ1) is 19.2. The van der Waals surface area contributed by atoms with Crippen LogP contribution in [0.15, 0.2) is 40.9 Å². The number of hydrogen-bond acceptors (Lipinski definition) is 7. The minimum Gasteiger partial charge on any atom is -0.493 e. The number of ether oxygens (including phenoxy) is 2. The summed E-state index contributed by atoms with van der Waals surface area (Å²) in [4.78, 5) is 42.5. The lowest BCUT2D eigenvalue weighted by Crippen LogP contribution is -2.50. The summed E-state index contributed by atoms with van der Waals surface area (Å²) in [6.45, 7) is 13.1. The zero-order chi connectivity index (χ0) is 30.5. The van der Waals surface area contributed by atoms with E-state index in [0.29, 0.717) is 28.5 Å². The molecular formula is C31H40N4O6. The first kappa shape index (κ1) is 31.2. The third-order valence-corrected chi connectivity index (χ3v) is 6.34. The summed E-state index contributed by atoms with van der Waals surface area (Å²) in [5.41, 5.74) is 3.09. The summed E-state index contributed by atoms with van der Waals surface area (Å²) in [6.07, 6.45) is -0.297. The van der Waals surface area contributed by atoms with Crippen molar-refractivity contribution in [3.8, 4) is 11.5 Å². The highest BCUT2D eigenvalue weighted by Crippen LogP contribution is 2.41. The molecule has 10 heteroatoms. The number of carbonyl (C=O) groups excluding carboxylic acids is 3. The van der Waals surface area contributed by atoms with Crippen molar-refractivity contribution in [1.82, 2.24) is 10.5 Å². The smallest absolute Gasteiger partial charge is 0.248 e. The van der Waals surface area contributed by atoms with E-state index in [1.807, 2.05) is 53.7 Å². The highest BCUT2D eigenvalue weighted by atomic mass is 16.5. The van der Waals surface area contributed by atoms with Crippen LogP contribution in [0.1, 0.15) is 67.7 Å². The van der Waals surface area contributed by atoms with E-state index < -0.39 is 29.3 Å². The van der Waals surface area contributed by atoms with E-state index >= 15 is 0 Å². The lowest BCUT2D eigenvalue weighted by Gasteiger charge is -2.36. The fourth-order valence-corrected chi connectivity index (χ4v) is 4.88. The number of nitrogens with one attached hydrogen (secondary N) is 2. The SMILES string of the molecule is COc1cccc([C@H](C(=O)NC(C)(C)C)N(C(=O)CCC(=O)Nc2cc(C)on2)c2c(C)cc(C)cc2C)c1OC. The minimum absolute atomic E-state index is 0.131. The fourth-order valence-electron chi connectivity index (χ4n) is 4.88. The Morgan fingerprint density at radius 3 is 2.17 bits per heavy atom. The summed E-state index contributed by atoms with van der Waals surface area (Å²) >= 11 is 0. The summed E-state index contributed by atoms with van der Waals surface area (Å²) < 4.78 is 16.2. The van der Waals surface area contributed by atoms with Gasteiger partial charge in [-0.25, -0.2) is 0 Å². The third-order valence-electron chi connectivity index (χ3n) is 6.34. The first-order valence-electron chi connectivity index (χ1n) is 13.4. The van der Waals surface area contributed by atoms with E-state index in [1.165, 1.54) is 19.1 Å². The zero-order valence-electron chi connectivity index (χ0n) is 25.3. The molecule has 220 valence electrons. The normalized spacial score (nSPS) is 11.9. The highest BCUT2D eigenvalue weighted by molar-refractivity contribution is 6.04. The first-order valence-corrected chi connectivity index (χ1v) is 13.4. The van der Waals surface area contributed by atoms with Gasteiger partial charge in [-0.15, -0.1) is 0 Å². The van der Waals surface area contributed by atoms with Gasteiger partial charge in [0.1, 0.15) is 11.8 Å². The minimum atomic E-state index is -1.13. The number of carbonyl (C=O) groups is 3. The maximum absolute atomic E-state index is 14.2. The molecule has 0 unspecified atom stereocenters. The molecule has 0 fully saturated rings. The predicted molar refractivity (Wildman–Crippen MR) is 157 cm³/mol. The van der Waals surface area contributed by atoms with Crippen molar-refractivity contribution in [1.29, 1.82) is 0 Å². The van der Waals surface area contributed by atoms with Crippen LogP contribution in [0.5, 0.6) is 11.5 Å². The number of methoxy groups -OCH3 is 2. The van der Waals surface area contributed by atoms with Crippen molar-refractivity contribution in [3.63, 3.8) is 0 Å². The molecule has 1 atom stereocenters. The largest absolute Gasteiger partial charge is 0.493 e. The van der Waals surface area contributed by atoms with Crippen molar-refractivity contribution in [3.05, 3.63) is 64.4 Å². The lowest BCUT2D eigenvalue weighted by molar-refractivity contribution is -0.128. The van der Waals surface area contributed by atoms with Crippen molar-refractivity contribution in [2.75, 3.05) is 24.4 Å². The molecule has 0 radical (unpaired) electrons. The Hall–Kier alpha value is -4.34. The number of amides is 3. The zero-order valence-corrected chi connectivity index (χ0v) is 25.3. The second-order valence-corrected chi connectivity index (χ2v) is 11.1. The van der Waals surface area contributed by atoms with Crippen molar-refractivity contribution in [2.45, 2.75) is 72.9 Å². The molecule has 2 aromatic carbocycles. The topological polar surface area (TPSA) is 123 Å². The number of hydrogen-bond donors (Lipinski definition) is 2. The summed E-state index contributed by atoms with van der Waals surface area (Å²) in [5, 5.41) is 9.46. The number of rotatable bonds is 10. The summed E-state index contributed by atoms with van der Waals surface area (Å²) in [5.74, 6) is 0.357. The number of aryl methyl sites for hydroxylation is 4. The molecule has 0 bridgehead atoms. The number of para-hydroxylation sites is 1. The summed E-state index contributed by atoms with van der Waals surface area (Å²) in [7, 11) is 3.00. The number of benzene rings is 2. The van der Waals surface area contributed by atoms with E-state index in [1.54, 1.807) is 31.2 Å². The van der Waals surface area contributed by atoms with Crippen LogP contribution in [0.4, 0.5) is 11.5 Å². The Labute approximate surface area is 241 Å². The molecule has 3 amide bonds. The second kappa shape index (κ2) is 12.9. The highest BCUT2D eigenvalue weighted by Gasteiger charge is 2.38. The molecule has 41 heavy (non-hydrogen) atoms. The molecule has 0 saturated carbocycles. The van der Waals surface area contributed by atoms with Crippen LogP contribution in [-0.4, -0.2) is 42.6 Å². The maximum Gasteiger partial charge on any atom is 0.248 e. The quantitative estimate of drug-likeness (QED) is 0.341. The molecule has 3 aromatic rings. The number of anilines is 2. The van der Waals surface area contributed by atoms with E-state index in [0.717, 1.165) is 16.7 Å². The molecule has 2 N–H and O–H groups in total. The third kappa shape index (κ3) is 7.65. The van der Waals surface area contributed by atoms with Crippen LogP contribution in [0.2, 0.25) is 0 Å². The van der Waals surface area contributed by atoms with Gasteiger partial charge >= 0.3 is 0 Å². The van der Waals surface area contributed by atoms with Gasteiger partial charge in [-0.3, -0.25) is 19.3 Å². The molecule has 0 aliphatic rings. The van der Waals surface area contributed by atoms with Gasteiger partial charge in [0.05, 0.1) is 19.9 Å². The number of nitrogens with zero attached hydrogens (tertiary/aromatic N) is 2. The van der Waals surface area contributed by atoms with Crippen LogP contribution < -0.4 is 25.0 Å². The maximum atomic E-state index is 14.2. The van der Waals surface area contributed by atoms with E-state index in [2.05, 4.69) is 15.8 Å². The summed E-state index contributed by atoms with van der Waals surface area (Å²) in [6, 6.07) is 9.60. The molecule has 10 nitrogen and oxygen atoms in total. The van der Waals surface area contributed by atoms with Gasteiger partial charge in [0.2, 0.25) is 17.7 Å². The van der Waals surface area contributed by atoms with Crippen LogP contribution >= 0.6 is 0 Å². The lowest BCUT2D eigenvalue weighted by atomic mass is 9.96. The van der Waals surface area contributed by atoms with Gasteiger partial charge < -0.3 is 24.6 Å². The molecule has 0 spiro atoms. The molecule has 3 rings (SSSR count). The Morgan fingerprint density at radius 1 is 0.976 bits per heavy atom. The van der Waals surface area contributed by atoms with E-state index in [4.69, 9.17) is 14.0 Å². The van der Waals surface area contributed by atoms with Gasteiger partial charge in [0.25, 0.3) is 0 Å². The molecule has 1 aromatic heterocycles. The van der Waals surface area contributed by atoms with Crippen LogP contribution in [0, 0.1) is 27.7 Å². The van der Waals surface area contributed by atoms with E-state index in [-0.39, 0.29) is 18.7 Å². The van der Waals surface area contributed by atoms with Crippen LogP contribution in [0.3, 0.4) is 0 Å². The van der Waals surface area contributed by atoms with Gasteiger partial charge in [-0.1, -0.05) is 35.0 Å². The molecular weight excluding hydrogens is 524 g/mol. The molecule has 0 saturated heterocycles. The monoisotopic (exact) mass is 564 g/mol. The molecule has 0 aliphatic heterocycles. The van der Waals surface area contributed by atoms with Crippen molar-refractivity contribution >= 4 is 29.2 Å². The molecule has 1 heterocycles. The predicted octanol–water partition coefficient (Wildman–Crippen LogP) is 5.33. The Bertz CT molecular complexity index is 1400. The molecule has 0 aliphatic carbocycles. The van der Waals surface area contributed by atoms with Gasteiger partial charge in [0, 0.05) is 30.0 Å².